The average Bonchev–Trinajstić information content (AvgIpc) is 3.04. The fraction of sp³-hybridized carbons (Fsp3) is 0.143. The second-order valence-electron chi connectivity index (χ2n) is 4.44. The normalized spacial score (nSPS) is 10.9. The van der Waals surface area contributed by atoms with Crippen LogP contribution in [0, 0.1) is 0 Å². The van der Waals surface area contributed by atoms with Crippen molar-refractivity contribution in [1.29, 1.82) is 0 Å². The number of aromatic nitrogens is 4. The first-order valence-electron chi connectivity index (χ1n) is 6.31. The van der Waals surface area contributed by atoms with E-state index in [0.29, 0.717) is 5.69 Å². The molecule has 0 atom stereocenters. The quantitative estimate of drug-likeness (QED) is 0.802. The molecule has 0 fully saturated rings. The maximum atomic E-state index is 6.07. The first kappa shape index (κ1) is 12.9. The molecule has 3 rings (SSSR count). The summed E-state index contributed by atoms with van der Waals surface area (Å²) >= 11 is 3.46. The fourth-order valence-electron chi connectivity index (χ4n) is 2.02. The summed E-state index contributed by atoms with van der Waals surface area (Å²) in [5.41, 5.74) is 9.35. The molecule has 20 heavy (non-hydrogen) atoms. The molecule has 6 heteroatoms. The van der Waals surface area contributed by atoms with E-state index in [2.05, 4.69) is 26.1 Å². The summed E-state index contributed by atoms with van der Waals surface area (Å²) < 4.78 is 4.63. The van der Waals surface area contributed by atoms with Gasteiger partial charge in [0.25, 0.3) is 0 Å². The van der Waals surface area contributed by atoms with E-state index in [4.69, 9.17) is 5.73 Å². The molecular weight excluding hydrogens is 318 g/mol. The van der Waals surface area contributed by atoms with E-state index in [1.807, 2.05) is 48.3 Å². The van der Waals surface area contributed by atoms with Crippen molar-refractivity contribution < 1.29 is 0 Å². The van der Waals surface area contributed by atoms with Gasteiger partial charge in [-0.15, -0.1) is 0 Å². The largest absolute Gasteiger partial charge is 0.396 e. The topological polar surface area (TPSA) is 61.7 Å². The van der Waals surface area contributed by atoms with Gasteiger partial charge in [-0.05, 0) is 25.1 Å². The summed E-state index contributed by atoms with van der Waals surface area (Å²) in [6, 6.07) is 7.91. The van der Waals surface area contributed by atoms with E-state index < -0.39 is 0 Å². The molecule has 2 aromatic heterocycles. The Morgan fingerprint density at radius 2 is 2.15 bits per heavy atom. The number of hydrogen-bond donors (Lipinski definition) is 1. The maximum absolute atomic E-state index is 6.07. The van der Waals surface area contributed by atoms with Gasteiger partial charge in [-0.1, -0.05) is 22.0 Å². The van der Waals surface area contributed by atoms with Gasteiger partial charge in [-0.25, -0.2) is 4.68 Å². The van der Waals surface area contributed by atoms with Gasteiger partial charge in [-0.2, -0.15) is 10.2 Å². The zero-order valence-corrected chi connectivity index (χ0v) is 12.6. The zero-order valence-electron chi connectivity index (χ0n) is 11.0. The third-order valence-corrected chi connectivity index (χ3v) is 3.54. The third-order valence-electron chi connectivity index (χ3n) is 3.05. The highest BCUT2D eigenvalue weighted by Crippen LogP contribution is 2.25. The second kappa shape index (κ2) is 5.13. The highest BCUT2D eigenvalue weighted by atomic mass is 79.9. The Labute approximate surface area is 125 Å². The van der Waals surface area contributed by atoms with Crippen molar-refractivity contribution in [2.24, 2.45) is 0 Å². The standard InChI is InChI=1S/C14H14BrN5/c1-2-19-8-10(7-17-19)14-13(16)9-20(18-14)12-5-3-4-11(15)6-12/h3-9H,2,16H2,1H3. The molecule has 102 valence electrons. The number of anilines is 1. The Hall–Kier alpha value is -2.08. The van der Waals surface area contributed by atoms with Crippen LogP contribution < -0.4 is 5.73 Å². The lowest BCUT2D eigenvalue weighted by Gasteiger charge is -2.00. The van der Waals surface area contributed by atoms with Crippen LogP contribution in [0.4, 0.5) is 5.69 Å². The first-order chi connectivity index (χ1) is 9.67. The zero-order chi connectivity index (χ0) is 14.1. The van der Waals surface area contributed by atoms with Crippen LogP contribution in [0.25, 0.3) is 16.9 Å². The van der Waals surface area contributed by atoms with Crippen LogP contribution in [0.1, 0.15) is 6.92 Å². The van der Waals surface area contributed by atoms with E-state index in [9.17, 15) is 0 Å². The van der Waals surface area contributed by atoms with E-state index in [1.165, 1.54) is 0 Å². The van der Waals surface area contributed by atoms with Gasteiger partial charge in [0.05, 0.1) is 23.8 Å². The predicted octanol–water partition coefficient (Wildman–Crippen LogP) is 3.10. The van der Waals surface area contributed by atoms with Gasteiger partial charge in [-0.3, -0.25) is 4.68 Å². The van der Waals surface area contributed by atoms with E-state index in [0.717, 1.165) is 28.0 Å². The van der Waals surface area contributed by atoms with Crippen molar-refractivity contribution in [2.45, 2.75) is 13.5 Å². The lowest BCUT2D eigenvalue weighted by atomic mass is 10.2. The smallest absolute Gasteiger partial charge is 0.119 e. The Balaban J connectivity index is 2.02. The van der Waals surface area contributed by atoms with E-state index in [-0.39, 0.29) is 0 Å². The third kappa shape index (κ3) is 2.34. The molecule has 2 heterocycles. The summed E-state index contributed by atoms with van der Waals surface area (Å²) in [7, 11) is 0. The number of nitrogens with two attached hydrogens (primary N) is 1. The summed E-state index contributed by atoms with van der Waals surface area (Å²) in [6.45, 7) is 2.87. The van der Waals surface area contributed by atoms with Gasteiger partial charge in [0.15, 0.2) is 0 Å². The van der Waals surface area contributed by atoms with Gasteiger partial charge in [0.1, 0.15) is 5.69 Å². The Kier molecular flexibility index (Phi) is 3.31. The lowest BCUT2D eigenvalue weighted by Crippen LogP contribution is -1.94. The molecule has 0 spiro atoms. The van der Waals surface area contributed by atoms with Crippen LogP contribution in [-0.4, -0.2) is 19.6 Å². The van der Waals surface area contributed by atoms with Crippen LogP contribution in [-0.2, 0) is 6.54 Å². The summed E-state index contributed by atoms with van der Waals surface area (Å²) in [4.78, 5) is 0. The van der Waals surface area contributed by atoms with Crippen molar-refractivity contribution in [1.82, 2.24) is 19.6 Å². The Bertz CT molecular complexity index is 744. The van der Waals surface area contributed by atoms with Gasteiger partial charge >= 0.3 is 0 Å². The van der Waals surface area contributed by atoms with Gasteiger partial charge < -0.3 is 5.73 Å². The SMILES string of the molecule is CCn1cc(-c2nn(-c3cccc(Br)c3)cc2N)cn1. The number of benzene rings is 1. The molecule has 0 saturated carbocycles. The molecule has 3 aromatic rings. The van der Waals surface area contributed by atoms with E-state index >= 15 is 0 Å². The number of nitrogens with zero attached hydrogens (tertiary/aromatic N) is 4. The monoisotopic (exact) mass is 331 g/mol. The number of rotatable bonds is 3. The summed E-state index contributed by atoms with van der Waals surface area (Å²) in [5, 5.41) is 8.81. The van der Waals surface area contributed by atoms with Crippen LogP contribution in [0.3, 0.4) is 0 Å². The molecule has 0 bridgehead atoms. The number of halogens is 1. The molecule has 0 unspecified atom stereocenters. The minimum atomic E-state index is 0.639. The molecule has 0 radical (unpaired) electrons. The highest BCUT2D eigenvalue weighted by molar-refractivity contribution is 9.10. The number of aryl methyl sites for hydroxylation is 1. The lowest BCUT2D eigenvalue weighted by molar-refractivity contribution is 0.660. The van der Waals surface area contributed by atoms with Crippen LogP contribution in [0.5, 0.6) is 0 Å². The second-order valence-corrected chi connectivity index (χ2v) is 5.36. The minimum absolute atomic E-state index is 0.639. The molecule has 5 nitrogen and oxygen atoms in total. The van der Waals surface area contributed by atoms with Crippen LogP contribution >= 0.6 is 15.9 Å². The predicted molar refractivity (Wildman–Crippen MR) is 82.6 cm³/mol. The molecule has 0 aliphatic rings. The van der Waals surface area contributed by atoms with Crippen molar-refractivity contribution in [3.8, 4) is 16.9 Å². The molecule has 2 N–H and O–H groups in total. The summed E-state index contributed by atoms with van der Waals surface area (Å²) in [5.74, 6) is 0. The molecule has 0 aliphatic heterocycles. The van der Waals surface area contributed by atoms with Crippen LogP contribution in [0.15, 0.2) is 47.3 Å². The Morgan fingerprint density at radius 1 is 1.30 bits per heavy atom. The first-order valence-corrected chi connectivity index (χ1v) is 7.10. The molecular formula is C14H14BrN5. The van der Waals surface area contributed by atoms with Crippen molar-refractivity contribution in [2.75, 3.05) is 5.73 Å². The maximum Gasteiger partial charge on any atom is 0.119 e. The van der Waals surface area contributed by atoms with Crippen molar-refractivity contribution >= 4 is 21.6 Å². The van der Waals surface area contributed by atoms with Gasteiger partial charge in [0.2, 0.25) is 0 Å². The Morgan fingerprint density at radius 3 is 2.85 bits per heavy atom. The number of nitrogen functional groups attached to an aromatic ring is 1. The van der Waals surface area contributed by atoms with E-state index in [1.54, 1.807) is 10.9 Å². The van der Waals surface area contributed by atoms with Crippen molar-refractivity contribution in [3.63, 3.8) is 0 Å². The molecule has 0 saturated heterocycles. The van der Waals surface area contributed by atoms with Gasteiger partial charge in [0, 0.05) is 22.8 Å². The average molecular weight is 332 g/mol. The number of hydrogen-bond acceptors (Lipinski definition) is 3. The minimum Gasteiger partial charge on any atom is -0.396 e. The van der Waals surface area contributed by atoms with Crippen LogP contribution in [0.2, 0.25) is 0 Å². The highest BCUT2D eigenvalue weighted by Gasteiger charge is 2.11. The summed E-state index contributed by atoms with van der Waals surface area (Å²) in [6.07, 6.45) is 5.55. The molecule has 0 aliphatic carbocycles. The molecule has 1 aromatic carbocycles. The fourth-order valence-corrected chi connectivity index (χ4v) is 2.41. The van der Waals surface area contributed by atoms with Crippen molar-refractivity contribution in [3.05, 3.63) is 47.3 Å². The molecule has 0 amide bonds.